The third-order valence-electron chi connectivity index (χ3n) is 5.73. The van der Waals surface area contributed by atoms with Crippen molar-refractivity contribution >= 4 is 17.9 Å². The first-order valence-corrected chi connectivity index (χ1v) is 11.0. The highest BCUT2D eigenvalue weighted by Crippen LogP contribution is 2.37. The van der Waals surface area contributed by atoms with Gasteiger partial charge < -0.3 is 15.4 Å². The number of nitrogens with one attached hydrogen (secondary N) is 2. The van der Waals surface area contributed by atoms with Gasteiger partial charge in [0.05, 0.1) is 19.1 Å². The molecule has 0 saturated heterocycles. The van der Waals surface area contributed by atoms with Crippen LogP contribution in [0.1, 0.15) is 52.7 Å². The fraction of sp³-hybridized carbons (Fsp3) is 0.400. The van der Waals surface area contributed by atoms with Crippen LogP contribution in [-0.2, 0) is 17.8 Å². The normalized spacial score (nSPS) is 15.9. The van der Waals surface area contributed by atoms with Crippen molar-refractivity contribution in [3.8, 4) is 5.88 Å². The van der Waals surface area contributed by atoms with Gasteiger partial charge in [0.1, 0.15) is 0 Å². The molecule has 6 nitrogen and oxygen atoms in total. The lowest BCUT2D eigenvalue weighted by molar-refractivity contribution is -0.119. The quantitative estimate of drug-likeness (QED) is 0.624. The molecule has 0 aliphatic heterocycles. The lowest BCUT2D eigenvalue weighted by Crippen LogP contribution is -2.24. The van der Waals surface area contributed by atoms with Gasteiger partial charge in [0.2, 0.25) is 17.7 Å². The average molecular weight is 458 g/mol. The van der Waals surface area contributed by atoms with Crippen molar-refractivity contribution < 1.29 is 23.1 Å². The van der Waals surface area contributed by atoms with E-state index in [0.29, 0.717) is 36.4 Å². The second-order valence-electron chi connectivity index (χ2n) is 8.23. The molecule has 1 aromatic heterocycles. The fourth-order valence-corrected chi connectivity index (χ4v) is 3.79. The zero-order valence-corrected chi connectivity index (χ0v) is 18.9. The smallest absolute Gasteiger partial charge is 0.253 e. The molecular weight excluding hydrogens is 428 g/mol. The second-order valence-corrected chi connectivity index (χ2v) is 8.23. The van der Waals surface area contributed by atoms with Gasteiger partial charge in [-0.3, -0.25) is 9.59 Å². The SMILES string of the molecule is CNC(=O)Cc1cccc(CNC(=O)c2cnc(OC)c(C=CC3CCC(F)(F)CC3)c2)c1. The molecule has 0 unspecified atom stereocenters. The van der Waals surface area contributed by atoms with Crippen LogP contribution in [0.15, 0.2) is 42.6 Å². The Bertz CT molecular complexity index is 1010. The average Bonchev–Trinajstić information content (AvgIpc) is 2.81. The first-order valence-electron chi connectivity index (χ1n) is 11.0. The van der Waals surface area contributed by atoms with Crippen LogP contribution in [0.5, 0.6) is 5.88 Å². The first-order chi connectivity index (χ1) is 15.8. The number of carbonyl (C=O) groups excluding carboxylic acids is 2. The van der Waals surface area contributed by atoms with Crippen molar-refractivity contribution in [2.45, 2.75) is 44.6 Å². The summed E-state index contributed by atoms with van der Waals surface area (Å²) in [6, 6.07) is 9.14. The predicted octanol–water partition coefficient (Wildman–Crippen LogP) is 4.15. The number of alkyl halides is 2. The van der Waals surface area contributed by atoms with E-state index < -0.39 is 5.92 Å². The van der Waals surface area contributed by atoms with Gasteiger partial charge in [-0.05, 0) is 36.0 Å². The van der Waals surface area contributed by atoms with Gasteiger partial charge in [0.15, 0.2) is 0 Å². The third-order valence-corrected chi connectivity index (χ3v) is 5.73. The maximum absolute atomic E-state index is 13.4. The molecule has 1 aromatic carbocycles. The molecule has 1 fully saturated rings. The molecule has 1 aliphatic rings. The van der Waals surface area contributed by atoms with Crippen LogP contribution in [0.3, 0.4) is 0 Å². The number of hydrogen-bond donors (Lipinski definition) is 2. The van der Waals surface area contributed by atoms with Gasteiger partial charge in [-0.2, -0.15) is 0 Å². The van der Waals surface area contributed by atoms with Gasteiger partial charge in [0.25, 0.3) is 5.91 Å². The Kier molecular flexibility index (Phi) is 8.14. The number of aromatic nitrogens is 1. The molecule has 0 atom stereocenters. The highest BCUT2D eigenvalue weighted by Gasteiger charge is 2.33. The van der Waals surface area contributed by atoms with E-state index in [1.54, 1.807) is 19.2 Å². The van der Waals surface area contributed by atoms with E-state index in [4.69, 9.17) is 4.74 Å². The molecular formula is C25H29F2N3O3. The Hall–Kier alpha value is -3.29. The summed E-state index contributed by atoms with van der Waals surface area (Å²) >= 11 is 0. The van der Waals surface area contributed by atoms with E-state index in [1.165, 1.54) is 13.3 Å². The van der Waals surface area contributed by atoms with Crippen LogP contribution in [0.4, 0.5) is 8.78 Å². The zero-order valence-electron chi connectivity index (χ0n) is 18.9. The minimum atomic E-state index is -2.57. The number of likely N-dealkylation sites (N-methyl/N-ethyl adjacent to an activating group) is 1. The third kappa shape index (κ3) is 7.10. The van der Waals surface area contributed by atoms with Crippen molar-refractivity contribution in [2.75, 3.05) is 14.2 Å². The van der Waals surface area contributed by atoms with E-state index in [2.05, 4.69) is 15.6 Å². The van der Waals surface area contributed by atoms with Gasteiger partial charge in [-0.1, -0.05) is 36.4 Å². The van der Waals surface area contributed by atoms with Crippen molar-refractivity contribution in [3.63, 3.8) is 0 Å². The molecule has 1 aliphatic carbocycles. The van der Waals surface area contributed by atoms with Crippen molar-refractivity contribution in [3.05, 3.63) is 64.9 Å². The van der Waals surface area contributed by atoms with Crippen molar-refractivity contribution in [1.29, 1.82) is 0 Å². The summed E-state index contributed by atoms with van der Waals surface area (Å²) in [7, 11) is 3.08. The number of amides is 2. The monoisotopic (exact) mass is 457 g/mol. The number of nitrogens with zero attached hydrogens (tertiary/aromatic N) is 1. The second kappa shape index (κ2) is 11.0. The van der Waals surface area contributed by atoms with Gasteiger partial charge in [-0.15, -0.1) is 0 Å². The molecule has 8 heteroatoms. The Morgan fingerprint density at radius 1 is 1.21 bits per heavy atom. The number of halogens is 2. The standard InChI is InChI=1S/C25H29F2N3O3/c1-28-22(31)13-18-4-3-5-19(12-18)15-29-23(32)21-14-20(24(33-2)30-16-21)7-6-17-8-10-25(26,27)11-9-17/h3-7,12,14,16-17H,8-11,13,15H2,1-2H3,(H,28,31)(H,29,32). The van der Waals surface area contributed by atoms with Gasteiger partial charge >= 0.3 is 0 Å². The van der Waals surface area contributed by atoms with Crippen LogP contribution >= 0.6 is 0 Å². The summed E-state index contributed by atoms with van der Waals surface area (Å²) in [6.45, 7) is 0.300. The van der Waals surface area contributed by atoms with E-state index in [9.17, 15) is 18.4 Å². The van der Waals surface area contributed by atoms with Crippen molar-refractivity contribution in [2.24, 2.45) is 5.92 Å². The van der Waals surface area contributed by atoms with Crippen LogP contribution in [0.2, 0.25) is 0 Å². The molecule has 2 aromatic rings. The summed E-state index contributed by atoms with van der Waals surface area (Å²) in [4.78, 5) is 28.5. The van der Waals surface area contributed by atoms with E-state index in [0.717, 1.165) is 11.1 Å². The highest BCUT2D eigenvalue weighted by molar-refractivity contribution is 5.94. The lowest BCUT2D eigenvalue weighted by Gasteiger charge is -2.26. The zero-order chi connectivity index (χ0) is 23.8. The summed E-state index contributed by atoms with van der Waals surface area (Å²) in [6.07, 6.45) is 6.04. The van der Waals surface area contributed by atoms with Crippen molar-refractivity contribution in [1.82, 2.24) is 15.6 Å². The summed E-state index contributed by atoms with van der Waals surface area (Å²) < 4.78 is 32.0. The Morgan fingerprint density at radius 3 is 2.64 bits per heavy atom. The number of ether oxygens (including phenoxy) is 1. The molecule has 0 spiro atoms. The van der Waals surface area contributed by atoms with Crippen LogP contribution in [0.25, 0.3) is 6.08 Å². The largest absolute Gasteiger partial charge is 0.481 e. The number of pyridine rings is 1. The number of allylic oxidation sites excluding steroid dienone is 1. The maximum atomic E-state index is 13.4. The number of rotatable bonds is 8. The number of carbonyl (C=O) groups is 2. The Morgan fingerprint density at radius 2 is 1.94 bits per heavy atom. The molecule has 3 rings (SSSR count). The minimum Gasteiger partial charge on any atom is -0.481 e. The van der Waals surface area contributed by atoms with Crippen LogP contribution < -0.4 is 15.4 Å². The van der Waals surface area contributed by atoms with E-state index in [1.807, 2.05) is 30.3 Å². The number of methoxy groups -OCH3 is 1. The topological polar surface area (TPSA) is 80.3 Å². The van der Waals surface area contributed by atoms with Crippen LogP contribution in [0, 0.1) is 5.92 Å². The predicted molar refractivity (Wildman–Crippen MR) is 122 cm³/mol. The molecule has 176 valence electrons. The molecule has 2 amide bonds. The Balaban J connectivity index is 1.64. The van der Waals surface area contributed by atoms with Gasteiger partial charge in [-0.25, -0.2) is 13.8 Å². The summed E-state index contributed by atoms with van der Waals surface area (Å²) in [5.74, 6) is -2.51. The highest BCUT2D eigenvalue weighted by atomic mass is 19.3. The number of benzene rings is 1. The summed E-state index contributed by atoms with van der Waals surface area (Å²) in [5.41, 5.74) is 2.72. The minimum absolute atomic E-state index is 0.0638. The Labute approximate surface area is 192 Å². The first kappa shape index (κ1) is 24.4. The molecule has 0 bridgehead atoms. The fourth-order valence-electron chi connectivity index (χ4n) is 3.79. The number of hydrogen-bond acceptors (Lipinski definition) is 4. The summed E-state index contributed by atoms with van der Waals surface area (Å²) in [5, 5.41) is 5.45. The van der Waals surface area contributed by atoms with Gasteiger partial charge in [0, 0.05) is 38.2 Å². The lowest BCUT2D eigenvalue weighted by atomic mass is 9.86. The van der Waals surface area contributed by atoms with E-state index >= 15 is 0 Å². The van der Waals surface area contributed by atoms with E-state index in [-0.39, 0.29) is 37.0 Å². The molecule has 0 radical (unpaired) electrons. The molecule has 1 heterocycles. The van der Waals surface area contributed by atoms with Crippen LogP contribution in [-0.4, -0.2) is 36.9 Å². The molecule has 1 saturated carbocycles. The molecule has 33 heavy (non-hydrogen) atoms. The molecule has 2 N–H and O–H groups in total. The maximum Gasteiger partial charge on any atom is 0.253 e.